The van der Waals surface area contributed by atoms with E-state index in [0.717, 1.165) is 5.56 Å². The lowest BCUT2D eigenvalue weighted by Crippen LogP contribution is -2.00. The molecule has 0 unspecified atom stereocenters. The molecule has 0 amide bonds. The number of aliphatic hydroxyl groups is 1. The van der Waals surface area contributed by atoms with Crippen molar-refractivity contribution in [1.82, 2.24) is 0 Å². The summed E-state index contributed by atoms with van der Waals surface area (Å²) in [7, 11) is 0. The third kappa shape index (κ3) is 3.33. The van der Waals surface area contributed by atoms with Gasteiger partial charge in [-0.25, -0.2) is 4.79 Å². The van der Waals surface area contributed by atoms with Crippen LogP contribution < -0.4 is 4.74 Å². The van der Waals surface area contributed by atoms with E-state index in [1.54, 1.807) is 36.4 Å². The van der Waals surface area contributed by atoms with Crippen LogP contribution >= 0.6 is 15.9 Å². The van der Waals surface area contributed by atoms with Gasteiger partial charge in [0, 0.05) is 4.47 Å². The third-order valence-electron chi connectivity index (χ3n) is 2.51. The summed E-state index contributed by atoms with van der Waals surface area (Å²) >= 11 is 3.22. The maximum Gasteiger partial charge on any atom is 0.339 e. The van der Waals surface area contributed by atoms with Gasteiger partial charge in [-0.15, -0.1) is 0 Å². The summed E-state index contributed by atoms with van der Waals surface area (Å²) in [6.45, 7) is -0.0427. The van der Waals surface area contributed by atoms with Crippen molar-refractivity contribution in [3.8, 4) is 11.5 Å². The predicted molar refractivity (Wildman–Crippen MR) is 73.5 cm³/mol. The number of carbonyl (C=O) groups is 1. The first-order valence-electron chi connectivity index (χ1n) is 5.50. The van der Waals surface area contributed by atoms with E-state index in [4.69, 9.17) is 14.9 Å². The monoisotopic (exact) mass is 322 g/mol. The highest BCUT2D eigenvalue weighted by Crippen LogP contribution is 2.28. The zero-order valence-electron chi connectivity index (χ0n) is 9.84. The van der Waals surface area contributed by atoms with Crippen molar-refractivity contribution in [1.29, 1.82) is 0 Å². The van der Waals surface area contributed by atoms with Gasteiger partial charge in [0.25, 0.3) is 0 Å². The molecule has 4 nitrogen and oxygen atoms in total. The Balaban J connectivity index is 2.29. The number of rotatable bonds is 4. The van der Waals surface area contributed by atoms with Crippen LogP contribution in [-0.2, 0) is 6.61 Å². The number of halogens is 1. The lowest BCUT2D eigenvalue weighted by molar-refractivity contribution is 0.0694. The maximum absolute atomic E-state index is 11.1. The molecule has 0 fully saturated rings. The molecule has 0 aliphatic carbocycles. The highest BCUT2D eigenvalue weighted by Gasteiger charge is 2.12. The Kier molecular flexibility index (Phi) is 4.19. The molecule has 0 bridgehead atoms. The topological polar surface area (TPSA) is 66.8 Å². The van der Waals surface area contributed by atoms with E-state index in [1.807, 2.05) is 0 Å². The summed E-state index contributed by atoms with van der Waals surface area (Å²) in [6.07, 6.45) is 0. The third-order valence-corrected chi connectivity index (χ3v) is 3.00. The van der Waals surface area contributed by atoms with Gasteiger partial charge >= 0.3 is 5.97 Å². The largest absolute Gasteiger partial charge is 0.478 e. The molecule has 19 heavy (non-hydrogen) atoms. The summed E-state index contributed by atoms with van der Waals surface area (Å²) in [5.41, 5.74) is 0.849. The number of hydrogen-bond donors (Lipinski definition) is 2. The molecule has 5 heteroatoms. The molecule has 2 aromatic carbocycles. The van der Waals surface area contributed by atoms with Gasteiger partial charge in [0.2, 0.25) is 0 Å². The molecule has 0 spiro atoms. The molecular formula is C14H11BrO4. The van der Waals surface area contributed by atoms with Crippen LogP contribution in [-0.4, -0.2) is 16.2 Å². The molecule has 2 N–H and O–H groups in total. The highest BCUT2D eigenvalue weighted by molar-refractivity contribution is 9.10. The van der Waals surface area contributed by atoms with Crippen LogP contribution in [0, 0.1) is 0 Å². The van der Waals surface area contributed by atoms with Gasteiger partial charge in [-0.3, -0.25) is 0 Å². The van der Waals surface area contributed by atoms with Gasteiger partial charge in [-0.1, -0.05) is 28.1 Å². The van der Waals surface area contributed by atoms with Crippen molar-refractivity contribution in [2.45, 2.75) is 6.61 Å². The molecular weight excluding hydrogens is 312 g/mol. The minimum atomic E-state index is -1.05. The van der Waals surface area contributed by atoms with Crippen molar-refractivity contribution >= 4 is 21.9 Å². The zero-order valence-corrected chi connectivity index (χ0v) is 11.4. The van der Waals surface area contributed by atoms with Crippen molar-refractivity contribution in [3.63, 3.8) is 0 Å². The Morgan fingerprint density at radius 2 is 1.84 bits per heavy atom. The molecule has 0 saturated heterocycles. The Labute approximate surface area is 118 Å². The van der Waals surface area contributed by atoms with E-state index in [9.17, 15) is 4.79 Å². The quantitative estimate of drug-likeness (QED) is 0.905. The minimum Gasteiger partial charge on any atom is -0.478 e. The lowest BCUT2D eigenvalue weighted by Gasteiger charge is -2.09. The van der Waals surface area contributed by atoms with E-state index in [0.29, 0.717) is 10.2 Å². The number of benzene rings is 2. The number of aliphatic hydroxyl groups excluding tert-OH is 1. The summed E-state index contributed by atoms with van der Waals surface area (Å²) in [5, 5.41) is 18.1. The van der Waals surface area contributed by atoms with Gasteiger partial charge in [0.05, 0.1) is 6.61 Å². The van der Waals surface area contributed by atoms with E-state index in [-0.39, 0.29) is 17.9 Å². The average molecular weight is 323 g/mol. The summed E-state index contributed by atoms with van der Waals surface area (Å²) in [4.78, 5) is 11.1. The van der Waals surface area contributed by atoms with Gasteiger partial charge in [0.1, 0.15) is 17.1 Å². The van der Waals surface area contributed by atoms with Crippen LogP contribution in [0.1, 0.15) is 15.9 Å². The predicted octanol–water partition coefficient (Wildman–Crippen LogP) is 3.43. The van der Waals surface area contributed by atoms with Gasteiger partial charge in [-0.2, -0.15) is 0 Å². The molecule has 0 saturated carbocycles. The van der Waals surface area contributed by atoms with Crippen molar-refractivity contribution in [2.24, 2.45) is 0 Å². The number of carboxylic acids is 1. The van der Waals surface area contributed by atoms with Crippen LogP contribution in [0.25, 0.3) is 0 Å². The molecule has 2 rings (SSSR count). The fraction of sp³-hybridized carbons (Fsp3) is 0.0714. The average Bonchev–Trinajstić information content (AvgIpc) is 2.41. The maximum atomic E-state index is 11.1. The number of ether oxygens (including phenoxy) is 1. The molecule has 0 heterocycles. The Morgan fingerprint density at radius 3 is 2.42 bits per heavy atom. The van der Waals surface area contributed by atoms with Crippen molar-refractivity contribution < 1.29 is 19.7 Å². The van der Waals surface area contributed by atoms with Gasteiger partial charge in [0.15, 0.2) is 0 Å². The van der Waals surface area contributed by atoms with Crippen LogP contribution in [0.2, 0.25) is 0 Å². The molecule has 0 atom stereocenters. The molecule has 98 valence electrons. The van der Waals surface area contributed by atoms with Crippen LogP contribution in [0.5, 0.6) is 11.5 Å². The fourth-order valence-corrected chi connectivity index (χ4v) is 1.91. The Bertz CT molecular complexity index is 593. The van der Waals surface area contributed by atoms with Gasteiger partial charge in [-0.05, 0) is 35.9 Å². The molecule has 2 aromatic rings. The number of hydrogen-bond acceptors (Lipinski definition) is 3. The Morgan fingerprint density at radius 1 is 1.16 bits per heavy atom. The SMILES string of the molecule is O=C(O)c1cc(Br)ccc1Oc1ccc(CO)cc1. The van der Waals surface area contributed by atoms with Gasteiger partial charge < -0.3 is 14.9 Å². The standard InChI is InChI=1S/C14H11BrO4/c15-10-3-6-13(12(7-10)14(17)18)19-11-4-1-9(8-16)2-5-11/h1-7,16H,8H2,(H,17,18). The molecule has 0 aliphatic heterocycles. The highest BCUT2D eigenvalue weighted by atomic mass is 79.9. The number of carboxylic acid groups (broad SMARTS) is 1. The van der Waals surface area contributed by atoms with E-state index >= 15 is 0 Å². The molecule has 0 radical (unpaired) electrons. The molecule has 0 aliphatic rings. The zero-order chi connectivity index (χ0) is 13.8. The van der Waals surface area contributed by atoms with E-state index in [1.165, 1.54) is 6.07 Å². The number of aromatic carboxylic acids is 1. The second kappa shape index (κ2) is 5.86. The van der Waals surface area contributed by atoms with Crippen LogP contribution in [0.4, 0.5) is 0 Å². The van der Waals surface area contributed by atoms with Crippen LogP contribution in [0.3, 0.4) is 0 Å². The first kappa shape index (κ1) is 13.6. The summed E-state index contributed by atoms with van der Waals surface area (Å²) in [5.74, 6) is -0.266. The Hall–Kier alpha value is -1.85. The summed E-state index contributed by atoms with van der Waals surface area (Å²) < 4.78 is 6.22. The van der Waals surface area contributed by atoms with Crippen molar-refractivity contribution in [2.75, 3.05) is 0 Å². The lowest BCUT2D eigenvalue weighted by atomic mass is 10.2. The van der Waals surface area contributed by atoms with Crippen LogP contribution in [0.15, 0.2) is 46.9 Å². The van der Waals surface area contributed by atoms with Crippen molar-refractivity contribution in [3.05, 3.63) is 58.1 Å². The smallest absolute Gasteiger partial charge is 0.339 e. The second-order valence-corrected chi connectivity index (χ2v) is 4.77. The van der Waals surface area contributed by atoms with E-state index < -0.39 is 5.97 Å². The fourth-order valence-electron chi connectivity index (χ4n) is 1.55. The van der Waals surface area contributed by atoms with E-state index in [2.05, 4.69) is 15.9 Å². The minimum absolute atomic E-state index is 0.0427. The first-order valence-corrected chi connectivity index (χ1v) is 6.30. The summed E-state index contributed by atoms with van der Waals surface area (Å²) in [6, 6.07) is 11.6. The first-order chi connectivity index (χ1) is 9.10. The normalized spacial score (nSPS) is 10.2. The second-order valence-electron chi connectivity index (χ2n) is 3.85. The molecule has 0 aromatic heterocycles.